The van der Waals surface area contributed by atoms with E-state index in [1.54, 1.807) is 12.1 Å². The van der Waals surface area contributed by atoms with E-state index in [4.69, 9.17) is 0 Å². The van der Waals surface area contributed by atoms with Gasteiger partial charge in [-0.2, -0.15) is 10.2 Å². The van der Waals surface area contributed by atoms with E-state index in [2.05, 4.69) is 66.2 Å². The maximum Gasteiger partial charge on any atom is 0.250 e. The molecule has 0 saturated carbocycles. The molecule has 2 aromatic rings. The number of aromatic hydroxyl groups is 2. The summed E-state index contributed by atoms with van der Waals surface area (Å²) < 4.78 is 3.24. The molecule has 0 saturated heterocycles. The highest BCUT2D eigenvalue weighted by molar-refractivity contribution is 14.1. The van der Waals surface area contributed by atoms with E-state index in [1.807, 2.05) is 57.3 Å². The van der Waals surface area contributed by atoms with Crippen LogP contribution in [0.4, 0.5) is 0 Å². The van der Waals surface area contributed by atoms with Gasteiger partial charge >= 0.3 is 0 Å². The molecule has 164 valence electrons. The summed E-state index contributed by atoms with van der Waals surface area (Å²) in [5.74, 6) is -0.510. The lowest BCUT2D eigenvalue weighted by molar-refractivity contribution is -0.118. The van der Waals surface area contributed by atoms with Crippen molar-refractivity contribution in [2.24, 2.45) is 10.2 Å². The first-order valence-electron chi connectivity index (χ1n) is 8.25. The van der Waals surface area contributed by atoms with Crippen LogP contribution in [0.5, 0.6) is 11.5 Å². The molecule has 0 aliphatic heterocycles. The van der Waals surface area contributed by atoms with Gasteiger partial charge in [0.2, 0.25) is 11.8 Å². The Morgan fingerprint density at radius 2 is 1.19 bits per heavy atom. The Morgan fingerprint density at radius 3 is 1.58 bits per heavy atom. The van der Waals surface area contributed by atoms with Gasteiger partial charge in [-0.1, -0.05) is 0 Å². The smallest absolute Gasteiger partial charge is 0.250 e. The summed E-state index contributed by atoms with van der Waals surface area (Å²) in [5.41, 5.74) is 5.70. The van der Waals surface area contributed by atoms with Crippen molar-refractivity contribution in [3.63, 3.8) is 0 Å². The molecule has 0 aliphatic rings. The van der Waals surface area contributed by atoms with E-state index in [1.165, 1.54) is 12.4 Å². The fraction of sp³-hybridized carbons (Fsp3) is 0.111. The van der Waals surface area contributed by atoms with E-state index in [0.717, 1.165) is 18.9 Å². The number of hydrogen-bond donors (Lipinski definition) is 4. The second-order valence-electron chi connectivity index (χ2n) is 5.73. The predicted molar refractivity (Wildman–Crippen MR) is 156 cm³/mol. The molecule has 8 nitrogen and oxygen atoms in total. The van der Waals surface area contributed by atoms with E-state index < -0.39 is 0 Å². The molecule has 2 rings (SSSR count). The van der Waals surface area contributed by atoms with Gasteiger partial charge in [-0.3, -0.25) is 9.59 Å². The first-order valence-corrected chi connectivity index (χ1v) is 13.7. The van der Waals surface area contributed by atoms with Crippen LogP contribution in [0.3, 0.4) is 0 Å². The maximum atomic E-state index is 11.8. The normalized spacial score (nSPS) is 11.2. The van der Waals surface area contributed by atoms with Crippen molar-refractivity contribution in [1.29, 1.82) is 0 Å². The molecular weight excluding hydrogens is 876 g/mol. The number of hydrogen-bond acceptors (Lipinski definition) is 7. The average molecular weight is 890 g/mol. The molecule has 31 heavy (non-hydrogen) atoms. The number of nitrogens with zero attached hydrogens (tertiary/aromatic N) is 2. The molecule has 0 unspecified atom stereocenters. The van der Waals surface area contributed by atoms with Crippen LogP contribution in [-0.4, -0.2) is 46.0 Å². The third kappa shape index (κ3) is 9.16. The summed E-state index contributed by atoms with van der Waals surface area (Å²) in [6, 6.07) is 7.12. The van der Waals surface area contributed by atoms with Gasteiger partial charge in [0.1, 0.15) is 11.5 Å². The highest BCUT2D eigenvalue weighted by Gasteiger charge is 2.08. The summed E-state index contributed by atoms with van der Waals surface area (Å²) in [6.45, 7) is 0. The first kappa shape index (κ1) is 26.8. The summed E-state index contributed by atoms with van der Waals surface area (Å²) >= 11 is 9.38. The largest absolute Gasteiger partial charge is 0.506 e. The van der Waals surface area contributed by atoms with Gasteiger partial charge in [0.25, 0.3) is 0 Å². The lowest BCUT2D eigenvalue weighted by atomic mass is 10.2. The molecule has 0 heterocycles. The van der Waals surface area contributed by atoms with E-state index >= 15 is 0 Å². The van der Waals surface area contributed by atoms with Gasteiger partial charge < -0.3 is 10.2 Å². The van der Waals surface area contributed by atoms with Crippen LogP contribution in [0.1, 0.15) is 11.1 Å². The van der Waals surface area contributed by atoms with Crippen LogP contribution in [0.2, 0.25) is 0 Å². The van der Waals surface area contributed by atoms with Crippen LogP contribution in [0, 0.1) is 14.3 Å². The lowest BCUT2D eigenvalue weighted by Gasteiger charge is -2.04. The minimum Gasteiger partial charge on any atom is -0.506 e. The monoisotopic (exact) mass is 890 g/mol. The lowest BCUT2D eigenvalue weighted by Crippen LogP contribution is -2.23. The van der Waals surface area contributed by atoms with E-state index in [0.29, 0.717) is 18.3 Å². The number of phenolic OH excluding ortho intramolecular Hbond substituents is 2. The van der Waals surface area contributed by atoms with Crippen LogP contribution >= 0.6 is 102 Å². The predicted octanol–water partition coefficient (Wildman–Crippen LogP) is 3.85. The number of rotatable bonds is 8. The van der Waals surface area contributed by atoms with E-state index in [9.17, 15) is 19.8 Å². The average Bonchev–Trinajstić information content (AvgIpc) is 2.69. The molecule has 0 aromatic heterocycles. The van der Waals surface area contributed by atoms with Crippen molar-refractivity contribution in [3.05, 3.63) is 49.7 Å². The molecular formula is C18H14I4N4O4S. The second-order valence-corrected chi connectivity index (χ2v) is 11.5. The number of nitrogens with one attached hydrogen (secondary N) is 2. The van der Waals surface area contributed by atoms with Crippen LogP contribution in [0.25, 0.3) is 0 Å². The molecule has 0 fully saturated rings. The Bertz CT molecular complexity index is 968. The standard InChI is InChI=1S/C18H14I4N4O4S/c19-11-1-9(17(29)13(21)3-11)5-23-25-15(27)7-31-8-16(28)26-24-6-10-2-12(20)4-14(22)18(10)30/h1-6,29-30H,7-8H2,(H,25,27)(H,26,28)/b23-5+,24-6+. The van der Waals surface area contributed by atoms with Crippen molar-refractivity contribution in [3.8, 4) is 11.5 Å². The molecule has 2 amide bonds. The summed E-state index contributed by atoms with van der Waals surface area (Å²) in [5, 5.41) is 27.6. The minimum absolute atomic E-state index is 0.0280. The number of thioether (sulfide) groups is 1. The zero-order valence-electron chi connectivity index (χ0n) is 15.4. The molecule has 0 atom stereocenters. The fourth-order valence-corrected chi connectivity index (χ4v) is 6.40. The van der Waals surface area contributed by atoms with Crippen molar-refractivity contribution < 1.29 is 19.8 Å². The van der Waals surface area contributed by atoms with Gasteiger partial charge in [0.15, 0.2) is 0 Å². The molecule has 2 aromatic carbocycles. The Balaban J connectivity index is 1.74. The number of hydrazone groups is 2. The van der Waals surface area contributed by atoms with Gasteiger partial charge in [-0.25, -0.2) is 10.9 Å². The van der Waals surface area contributed by atoms with Gasteiger partial charge in [-0.15, -0.1) is 11.8 Å². The first-order chi connectivity index (χ1) is 14.7. The maximum absolute atomic E-state index is 11.8. The number of amides is 2. The Morgan fingerprint density at radius 1 is 0.806 bits per heavy atom. The van der Waals surface area contributed by atoms with Gasteiger partial charge in [0.05, 0.1) is 31.1 Å². The number of carbonyl (C=O) groups is 2. The highest BCUT2D eigenvalue weighted by atomic mass is 127. The third-order valence-electron chi connectivity index (χ3n) is 3.37. The molecule has 13 heteroatoms. The quantitative estimate of drug-likeness (QED) is 0.183. The van der Waals surface area contributed by atoms with Gasteiger partial charge in [-0.05, 0) is 115 Å². The molecule has 0 bridgehead atoms. The van der Waals surface area contributed by atoms with Gasteiger partial charge in [0, 0.05) is 18.3 Å². The van der Waals surface area contributed by atoms with Crippen molar-refractivity contribution in [1.82, 2.24) is 10.9 Å². The SMILES string of the molecule is O=C(CSCC(=O)N/N=C/c1cc(I)cc(I)c1O)N/N=C/c1cc(I)cc(I)c1O. The topological polar surface area (TPSA) is 123 Å². The Hall–Kier alpha value is -0.410. The summed E-state index contributed by atoms with van der Waals surface area (Å²) in [6.07, 6.45) is 2.73. The third-order valence-corrected chi connectivity index (χ3v) is 7.19. The Kier molecular flexibility index (Phi) is 11.5. The van der Waals surface area contributed by atoms with Crippen molar-refractivity contribution >= 4 is 126 Å². The van der Waals surface area contributed by atoms with Crippen LogP contribution in [-0.2, 0) is 9.59 Å². The zero-order valence-corrected chi connectivity index (χ0v) is 24.9. The Labute approximate surface area is 237 Å². The molecule has 0 radical (unpaired) electrons. The summed E-state index contributed by atoms with van der Waals surface area (Å²) in [4.78, 5) is 23.7. The van der Waals surface area contributed by atoms with Crippen molar-refractivity contribution in [2.75, 3.05) is 11.5 Å². The molecule has 0 aliphatic carbocycles. The zero-order chi connectivity index (χ0) is 23.0. The highest BCUT2D eigenvalue weighted by Crippen LogP contribution is 2.26. The van der Waals surface area contributed by atoms with E-state index in [-0.39, 0.29) is 34.8 Å². The fourth-order valence-electron chi connectivity index (χ4n) is 2.02. The number of phenols is 2. The second kappa shape index (κ2) is 13.3. The molecule has 4 N–H and O–H groups in total. The number of carbonyl (C=O) groups excluding carboxylic acids is 2. The number of halogens is 4. The number of benzene rings is 2. The van der Waals surface area contributed by atoms with Crippen LogP contribution < -0.4 is 10.9 Å². The molecule has 0 spiro atoms. The minimum atomic E-state index is -0.379. The van der Waals surface area contributed by atoms with Crippen molar-refractivity contribution in [2.45, 2.75) is 0 Å². The van der Waals surface area contributed by atoms with Crippen LogP contribution in [0.15, 0.2) is 34.5 Å². The summed E-state index contributed by atoms with van der Waals surface area (Å²) in [7, 11) is 0.